The summed E-state index contributed by atoms with van der Waals surface area (Å²) in [6, 6.07) is 3.99. The maximum absolute atomic E-state index is 11.3. The van der Waals surface area contributed by atoms with Crippen molar-refractivity contribution in [3.05, 3.63) is 33.2 Å². The number of pyridine rings is 1. The monoisotopic (exact) mass is 213 g/mol. The van der Waals surface area contributed by atoms with Crippen LogP contribution in [0.5, 0.6) is 0 Å². The van der Waals surface area contributed by atoms with E-state index >= 15 is 0 Å². The van der Waals surface area contributed by atoms with Gasteiger partial charge in [0, 0.05) is 22.8 Å². The summed E-state index contributed by atoms with van der Waals surface area (Å²) in [5.41, 5.74) is 0.0990. The summed E-state index contributed by atoms with van der Waals surface area (Å²) in [5, 5.41) is 0. The fourth-order valence-corrected chi connectivity index (χ4v) is 1.43. The van der Waals surface area contributed by atoms with Gasteiger partial charge in [-0.3, -0.25) is 4.79 Å². The molecular formula is C8H8BrNO. The molecule has 0 unspecified atom stereocenters. The average Bonchev–Trinajstić information content (AvgIpc) is 2.70. The molecule has 0 aliphatic heterocycles. The molecule has 0 spiro atoms. The molecule has 1 aromatic heterocycles. The zero-order valence-electron chi connectivity index (χ0n) is 5.96. The van der Waals surface area contributed by atoms with Crippen LogP contribution in [0.1, 0.15) is 18.9 Å². The maximum atomic E-state index is 11.3. The van der Waals surface area contributed by atoms with Crippen LogP contribution in [0.3, 0.4) is 0 Å². The molecule has 0 atom stereocenters. The molecule has 1 saturated carbocycles. The number of aromatic nitrogens is 1. The average molecular weight is 214 g/mol. The molecule has 0 radical (unpaired) electrons. The molecule has 1 aromatic rings. The highest BCUT2D eigenvalue weighted by atomic mass is 79.9. The summed E-state index contributed by atoms with van der Waals surface area (Å²) in [7, 11) is 0. The highest BCUT2D eigenvalue weighted by molar-refractivity contribution is 9.10. The van der Waals surface area contributed by atoms with Gasteiger partial charge in [0.15, 0.2) is 0 Å². The molecule has 58 valence electrons. The highest BCUT2D eigenvalue weighted by Gasteiger charge is 2.23. The minimum Gasteiger partial charge on any atom is -0.312 e. The Hall–Kier alpha value is -0.570. The zero-order chi connectivity index (χ0) is 7.84. The van der Waals surface area contributed by atoms with E-state index in [4.69, 9.17) is 0 Å². The first kappa shape index (κ1) is 7.10. The Bertz CT molecular complexity index is 327. The first-order valence-electron chi connectivity index (χ1n) is 3.65. The molecule has 0 amide bonds. The molecule has 1 fully saturated rings. The van der Waals surface area contributed by atoms with E-state index in [-0.39, 0.29) is 5.56 Å². The molecule has 1 aliphatic rings. The van der Waals surface area contributed by atoms with Crippen molar-refractivity contribution in [1.29, 1.82) is 0 Å². The second-order valence-corrected chi connectivity index (χ2v) is 3.74. The van der Waals surface area contributed by atoms with Crippen LogP contribution in [0, 0.1) is 0 Å². The molecule has 0 bridgehead atoms. The van der Waals surface area contributed by atoms with E-state index in [1.54, 1.807) is 10.6 Å². The molecule has 0 saturated heterocycles. The van der Waals surface area contributed by atoms with Crippen LogP contribution in [-0.2, 0) is 0 Å². The predicted octanol–water partition coefficient (Wildman–Crippen LogP) is 1.95. The number of nitrogens with zero attached hydrogens (tertiary/aromatic N) is 1. The van der Waals surface area contributed by atoms with E-state index in [1.807, 2.05) is 12.3 Å². The molecular weight excluding hydrogens is 206 g/mol. The van der Waals surface area contributed by atoms with Crippen LogP contribution >= 0.6 is 15.9 Å². The topological polar surface area (TPSA) is 22.0 Å². The number of hydrogen-bond donors (Lipinski definition) is 0. The molecule has 2 rings (SSSR count). The molecule has 11 heavy (non-hydrogen) atoms. The summed E-state index contributed by atoms with van der Waals surface area (Å²) in [4.78, 5) is 11.3. The summed E-state index contributed by atoms with van der Waals surface area (Å²) < 4.78 is 2.66. The third kappa shape index (κ3) is 1.38. The molecule has 1 heterocycles. The van der Waals surface area contributed by atoms with Crippen LogP contribution in [0.25, 0.3) is 0 Å². The Morgan fingerprint density at radius 3 is 2.82 bits per heavy atom. The normalized spacial score (nSPS) is 16.8. The van der Waals surface area contributed by atoms with Gasteiger partial charge < -0.3 is 4.57 Å². The van der Waals surface area contributed by atoms with Gasteiger partial charge in [0.2, 0.25) is 0 Å². The maximum Gasteiger partial charge on any atom is 0.251 e. The standard InChI is InChI=1S/C8H8BrNO/c9-6-3-4-10(7-1-2-7)8(11)5-6/h3-5,7H,1-2H2. The minimum absolute atomic E-state index is 0.0990. The second kappa shape index (κ2) is 2.48. The van der Waals surface area contributed by atoms with Gasteiger partial charge in [-0.25, -0.2) is 0 Å². The van der Waals surface area contributed by atoms with Gasteiger partial charge in [-0.05, 0) is 18.9 Å². The first-order chi connectivity index (χ1) is 5.27. The van der Waals surface area contributed by atoms with Crippen LogP contribution in [0.4, 0.5) is 0 Å². The summed E-state index contributed by atoms with van der Waals surface area (Å²) in [6.45, 7) is 0. The van der Waals surface area contributed by atoms with Crippen molar-refractivity contribution in [2.75, 3.05) is 0 Å². The SMILES string of the molecule is O=c1cc(Br)ccn1C1CC1. The molecule has 3 heteroatoms. The van der Waals surface area contributed by atoms with Gasteiger partial charge in [-0.2, -0.15) is 0 Å². The van der Waals surface area contributed by atoms with E-state index in [1.165, 1.54) is 0 Å². The Kier molecular flexibility index (Phi) is 1.60. The Morgan fingerprint density at radius 2 is 2.27 bits per heavy atom. The van der Waals surface area contributed by atoms with Crippen molar-refractivity contribution >= 4 is 15.9 Å². The lowest BCUT2D eigenvalue weighted by Gasteiger charge is -2.00. The molecule has 0 aromatic carbocycles. The molecule has 1 aliphatic carbocycles. The van der Waals surface area contributed by atoms with Crippen LogP contribution in [0.15, 0.2) is 27.6 Å². The third-order valence-electron chi connectivity index (χ3n) is 1.85. The first-order valence-corrected chi connectivity index (χ1v) is 4.44. The molecule has 2 nitrogen and oxygen atoms in total. The number of rotatable bonds is 1. The van der Waals surface area contributed by atoms with Gasteiger partial charge in [0.25, 0.3) is 5.56 Å². The largest absolute Gasteiger partial charge is 0.312 e. The quantitative estimate of drug-likeness (QED) is 0.700. The van der Waals surface area contributed by atoms with Gasteiger partial charge in [0.1, 0.15) is 0 Å². The number of halogens is 1. The van der Waals surface area contributed by atoms with Crippen molar-refractivity contribution < 1.29 is 0 Å². The summed E-state index contributed by atoms with van der Waals surface area (Å²) in [6.07, 6.45) is 4.16. The van der Waals surface area contributed by atoms with Crippen molar-refractivity contribution in [3.63, 3.8) is 0 Å². The Balaban J connectivity index is 2.48. The zero-order valence-corrected chi connectivity index (χ0v) is 7.54. The fraction of sp³-hybridized carbons (Fsp3) is 0.375. The molecule has 0 N–H and O–H groups in total. The lowest BCUT2D eigenvalue weighted by molar-refractivity contribution is 0.706. The van der Waals surface area contributed by atoms with Crippen LogP contribution < -0.4 is 5.56 Å². The van der Waals surface area contributed by atoms with Gasteiger partial charge in [-0.15, -0.1) is 0 Å². The van der Waals surface area contributed by atoms with E-state index < -0.39 is 0 Å². The summed E-state index contributed by atoms with van der Waals surface area (Å²) in [5.74, 6) is 0. The van der Waals surface area contributed by atoms with Crippen molar-refractivity contribution in [2.24, 2.45) is 0 Å². The van der Waals surface area contributed by atoms with Crippen molar-refractivity contribution in [2.45, 2.75) is 18.9 Å². The van der Waals surface area contributed by atoms with E-state index in [9.17, 15) is 4.79 Å². The van der Waals surface area contributed by atoms with Gasteiger partial charge >= 0.3 is 0 Å². The van der Waals surface area contributed by atoms with Crippen LogP contribution in [-0.4, -0.2) is 4.57 Å². The van der Waals surface area contributed by atoms with E-state index in [0.717, 1.165) is 17.3 Å². The van der Waals surface area contributed by atoms with Crippen molar-refractivity contribution in [3.8, 4) is 0 Å². The predicted molar refractivity (Wildman–Crippen MR) is 46.7 cm³/mol. The Labute approximate surface area is 73.0 Å². The van der Waals surface area contributed by atoms with E-state index in [2.05, 4.69) is 15.9 Å². The van der Waals surface area contributed by atoms with Gasteiger partial charge in [0.05, 0.1) is 0 Å². The lowest BCUT2D eigenvalue weighted by Crippen LogP contribution is -2.16. The van der Waals surface area contributed by atoms with Gasteiger partial charge in [-0.1, -0.05) is 15.9 Å². The van der Waals surface area contributed by atoms with Crippen molar-refractivity contribution in [1.82, 2.24) is 4.57 Å². The highest BCUT2D eigenvalue weighted by Crippen LogP contribution is 2.33. The van der Waals surface area contributed by atoms with E-state index in [0.29, 0.717) is 6.04 Å². The smallest absolute Gasteiger partial charge is 0.251 e. The summed E-state index contributed by atoms with van der Waals surface area (Å²) >= 11 is 3.25. The lowest BCUT2D eigenvalue weighted by atomic mass is 10.4. The van der Waals surface area contributed by atoms with Crippen LogP contribution in [0.2, 0.25) is 0 Å². The third-order valence-corrected chi connectivity index (χ3v) is 2.34. The number of hydrogen-bond acceptors (Lipinski definition) is 1. The minimum atomic E-state index is 0.0990. The second-order valence-electron chi connectivity index (χ2n) is 2.82. The fourth-order valence-electron chi connectivity index (χ4n) is 1.12. The Morgan fingerprint density at radius 1 is 1.55 bits per heavy atom.